The molecule has 0 fully saturated rings. The van der Waals surface area contributed by atoms with Crippen LogP contribution in [0.25, 0.3) is 0 Å². The minimum atomic E-state index is 0.727. The molecule has 0 aromatic heterocycles. The molecule has 2 atom stereocenters. The highest BCUT2D eigenvalue weighted by molar-refractivity contribution is 5.27. The van der Waals surface area contributed by atoms with Crippen molar-refractivity contribution in [3.8, 4) is 5.75 Å². The standard InChI is InChI=1S/C18H31NO/c1-5-11-19-14-17(12-15(3)6-2)13-16-7-9-18(20-4)10-8-16/h7-10,15,17,19H,5-6,11-14H2,1-4H3. The first-order chi connectivity index (χ1) is 9.69. The maximum Gasteiger partial charge on any atom is 0.118 e. The second-order valence-electron chi connectivity index (χ2n) is 5.87. The van der Waals surface area contributed by atoms with Gasteiger partial charge >= 0.3 is 0 Å². The van der Waals surface area contributed by atoms with E-state index in [0.717, 1.165) is 37.1 Å². The molecule has 1 aromatic carbocycles. The van der Waals surface area contributed by atoms with Crippen molar-refractivity contribution in [1.29, 1.82) is 0 Å². The van der Waals surface area contributed by atoms with Gasteiger partial charge in [-0.05, 0) is 61.9 Å². The predicted molar refractivity (Wildman–Crippen MR) is 87.4 cm³/mol. The third-order valence-corrected chi connectivity index (χ3v) is 3.98. The van der Waals surface area contributed by atoms with Crippen molar-refractivity contribution in [3.05, 3.63) is 29.8 Å². The maximum absolute atomic E-state index is 5.22. The van der Waals surface area contributed by atoms with Gasteiger partial charge in [0.2, 0.25) is 0 Å². The number of ether oxygens (including phenoxy) is 1. The summed E-state index contributed by atoms with van der Waals surface area (Å²) < 4.78 is 5.22. The van der Waals surface area contributed by atoms with Gasteiger partial charge in [-0.1, -0.05) is 39.3 Å². The second-order valence-corrected chi connectivity index (χ2v) is 5.87. The molecule has 114 valence electrons. The monoisotopic (exact) mass is 277 g/mol. The Morgan fingerprint density at radius 2 is 1.85 bits per heavy atom. The molecular weight excluding hydrogens is 246 g/mol. The van der Waals surface area contributed by atoms with Crippen LogP contribution >= 0.6 is 0 Å². The normalized spacial score (nSPS) is 14.0. The molecule has 0 saturated carbocycles. The van der Waals surface area contributed by atoms with Gasteiger partial charge in [0.1, 0.15) is 5.75 Å². The zero-order valence-corrected chi connectivity index (χ0v) is 13.6. The number of benzene rings is 1. The van der Waals surface area contributed by atoms with E-state index in [1.807, 2.05) is 0 Å². The van der Waals surface area contributed by atoms with E-state index in [1.165, 1.54) is 24.8 Å². The van der Waals surface area contributed by atoms with Crippen molar-refractivity contribution in [3.63, 3.8) is 0 Å². The topological polar surface area (TPSA) is 21.3 Å². The summed E-state index contributed by atoms with van der Waals surface area (Å²) in [4.78, 5) is 0. The fraction of sp³-hybridized carbons (Fsp3) is 0.667. The summed E-state index contributed by atoms with van der Waals surface area (Å²) in [5.74, 6) is 2.47. The largest absolute Gasteiger partial charge is 0.497 e. The third kappa shape index (κ3) is 6.42. The summed E-state index contributed by atoms with van der Waals surface area (Å²) >= 11 is 0. The van der Waals surface area contributed by atoms with Crippen LogP contribution in [0.4, 0.5) is 0 Å². The summed E-state index contributed by atoms with van der Waals surface area (Å²) in [7, 11) is 1.72. The van der Waals surface area contributed by atoms with Crippen LogP contribution in [-0.2, 0) is 6.42 Å². The Balaban J connectivity index is 2.56. The van der Waals surface area contributed by atoms with Gasteiger partial charge in [0.05, 0.1) is 7.11 Å². The summed E-state index contributed by atoms with van der Waals surface area (Å²) in [6, 6.07) is 8.52. The van der Waals surface area contributed by atoms with Crippen molar-refractivity contribution < 1.29 is 4.74 Å². The highest BCUT2D eigenvalue weighted by atomic mass is 16.5. The van der Waals surface area contributed by atoms with Gasteiger partial charge in [0.25, 0.3) is 0 Å². The smallest absolute Gasteiger partial charge is 0.118 e. The van der Waals surface area contributed by atoms with Crippen LogP contribution in [0.5, 0.6) is 5.75 Å². The van der Waals surface area contributed by atoms with Crippen LogP contribution in [0.15, 0.2) is 24.3 Å². The molecule has 0 bridgehead atoms. The molecule has 1 aromatic rings. The Bertz CT molecular complexity index is 347. The Morgan fingerprint density at radius 3 is 2.40 bits per heavy atom. The van der Waals surface area contributed by atoms with Crippen LogP contribution in [-0.4, -0.2) is 20.2 Å². The fourth-order valence-electron chi connectivity index (χ4n) is 2.55. The van der Waals surface area contributed by atoms with Crippen LogP contribution < -0.4 is 10.1 Å². The van der Waals surface area contributed by atoms with E-state index in [1.54, 1.807) is 7.11 Å². The van der Waals surface area contributed by atoms with Gasteiger partial charge in [0, 0.05) is 0 Å². The first-order valence-corrected chi connectivity index (χ1v) is 8.03. The molecule has 20 heavy (non-hydrogen) atoms. The number of methoxy groups -OCH3 is 1. The van der Waals surface area contributed by atoms with Crippen molar-refractivity contribution in [1.82, 2.24) is 5.32 Å². The molecule has 0 spiro atoms. The number of hydrogen-bond acceptors (Lipinski definition) is 2. The van der Waals surface area contributed by atoms with E-state index in [2.05, 4.69) is 50.4 Å². The maximum atomic E-state index is 5.22. The van der Waals surface area contributed by atoms with Crippen molar-refractivity contribution >= 4 is 0 Å². The van der Waals surface area contributed by atoms with Gasteiger partial charge in [-0.3, -0.25) is 0 Å². The molecule has 1 rings (SSSR count). The molecule has 0 amide bonds. The fourth-order valence-corrected chi connectivity index (χ4v) is 2.55. The minimum absolute atomic E-state index is 0.727. The number of rotatable bonds is 10. The van der Waals surface area contributed by atoms with E-state index in [9.17, 15) is 0 Å². The molecular formula is C18H31NO. The Kier molecular flexibility index (Phi) is 8.36. The summed E-state index contributed by atoms with van der Waals surface area (Å²) in [5.41, 5.74) is 1.41. The Hall–Kier alpha value is -1.02. The lowest BCUT2D eigenvalue weighted by Crippen LogP contribution is -2.26. The minimum Gasteiger partial charge on any atom is -0.497 e. The first-order valence-electron chi connectivity index (χ1n) is 8.03. The number of hydrogen-bond donors (Lipinski definition) is 1. The molecule has 2 unspecified atom stereocenters. The van der Waals surface area contributed by atoms with E-state index in [0.29, 0.717) is 0 Å². The molecule has 0 aliphatic rings. The van der Waals surface area contributed by atoms with Crippen LogP contribution in [0.2, 0.25) is 0 Å². The molecule has 0 aliphatic carbocycles. The quantitative estimate of drug-likeness (QED) is 0.644. The van der Waals surface area contributed by atoms with E-state index < -0.39 is 0 Å². The molecule has 0 radical (unpaired) electrons. The second kappa shape index (κ2) is 9.82. The van der Waals surface area contributed by atoms with E-state index >= 15 is 0 Å². The number of nitrogens with one attached hydrogen (secondary N) is 1. The Labute approximate surface area is 124 Å². The summed E-state index contributed by atoms with van der Waals surface area (Å²) in [6.45, 7) is 9.12. The van der Waals surface area contributed by atoms with Gasteiger partial charge in [-0.2, -0.15) is 0 Å². The third-order valence-electron chi connectivity index (χ3n) is 3.98. The molecule has 0 saturated heterocycles. The van der Waals surface area contributed by atoms with Crippen molar-refractivity contribution in [2.24, 2.45) is 11.8 Å². The highest BCUT2D eigenvalue weighted by Gasteiger charge is 2.13. The molecule has 2 heteroatoms. The average molecular weight is 277 g/mol. The van der Waals surface area contributed by atoms with E-state index in [-0.39, 0.29) is 0 Å². The zero-order chi connectivity index (χ0) is 14.8. The molecule has 2 nitrogen and oxygen atoms in total. The van der Waals surface area contributed by atoms with Gasteiger partial charge in [-0.25, -0.2) is 0 Å². The van der Waals surface area contributed by atoms with Gasteiger partial charge in [0.15, 0.2) is 0 Å². The molecule has 0 aliphatic heterocycles. The van der Waals surface area contributed by atoms with Gasteiger partial charge in [-0.15, -0.1) is 0 Å². The SMILES string of the molecule is CCCNCC(Cc1ccc(OC)cc1)CC(C)CC. The van der Waals surface area contributed by atoms with Crippen LogP contribution in [0.1, 0.15) is 45.6 Å². The summed E-state index contributed by atoms with van der Waals surface area (Å²) in [6.07, 6.45) is 4.94. The highest BCUT2D eigenvalue weighted by Crippen LogP contribution is 2.20. The van der Waals surface area contributed by atoms with Crippen molar-refractivity contribution in [2.75, 3.05) is 20.2 Å². The zero-order valence-electron chi connectivity index (χ0n) is 13.6. The first kappa shape index (κ1) is 17.0. The van der Waals surface area contributed by atoms with Crippen LogP contribution in [0, 0.1) is 11.8 Å². The lowest BCUT2D eigenvalue weighted by molar-refractivity contribution is 0.363. The molecule has 1 N–H and O–H groups in total. The van der Waals surface area contributed by atoms with E-state index in [4.69, 9.17) is 4.74 Å². The van der Waals surface area contributed by atoms with Crippen LogP contribution in [0.3, 0.4) is 0 Å². The van der Waals surface area contributed by atoms with Gasteiger partial charge < -0.3 is 10.1 Å². The summed E-state index contributed by atoms with van der Waals surface area (Å²) in [5, 5.41) is 3.58. The average Bonchev–Trinajstić information content (AvgIpc) is 2.48. The lowest BCUT2D eigenvalue weighted by atomic mass is 9.89. The Morgan fingerprint density at radius 1 is 1.15 bits per heavy atom. The lowest BCUT2D eigenvalue weighted by Gasteiger charge is -2.21. The molecule has 0 heterocycles. The van der Waals surface area contributed by atoms with Crippen molar-refractivity contribution in [2.45, 2.75) is 46.5 Å². The predicted octanol–water partition coefficient (Wildman–Crippen LogP) is 4.29.